The molecule has 0 aliphatic carbocycles. The Morgan fingerprint density at radius 2 is 1.94 bits per heavy atom. The van der Waals surface area contributed by atoms with Gasteiger partial charge in [0.1, 0.15) is 5.54 Å². The number of urea groups is 1. The van der Waals surface area contributed by atoms with E-state index in [9.17, 15) is 9.59 Å². The van der Waals surface area contributed by atoms with E-state index in [2.05, 4.69) is 5.32 Å². The first-order chi connectivity index (χ1) is 8.35. The van der Waals surface area contributed by atoms with Crippen LogP contribution in [0.25, 0.3) is 0 Å². The Hall–Kier alpha value is -0.910. The number of thioether (sulfide) groups is 1. The van der Waals surface area contributed by atoms with Gasteiger partial charge in [-0.2, -0.15) is 11.8 Å². The molecule has 1 rings (SSSR count). The van der Waals surface area contributed by atoms with Crippen molar-refractivity contribution >= 4 is 23.8 Å². The molecule has 0 saturated carbocycles. The van der Waals surface area contributed by atoms with E-state index in [1.807, 2.05) is 11.8 Å². The van der Waals surface area contributed by atoms with E-state index in [1.165, 1.54) is 25.8 Å². The molecule has 1 heterocycles. The van der Waals surface area contributed by atoms with Gasteiger partial charge in [0.05, 0.1) is 0 Å². The lowest BCUT2D eigenvalue weighted by atomic mass is 10.0. The van der Waals surface area contributed by atoms with Crippen LogP contribution in [0.1, 0.15) is 26.7 Å². The molecule has 0 aromatic rings. The standard InChI is InChI=1S/C12H22N2O3S/c1-12(2,10(15)16)14(3)11(17)13-8-9-4-6-18-7-5-9/h9H,4-8H2,1-3H3,(H,13,17)(H,15,16). The topological polar surface area (TPSA) is 69.6 Å². The van der Waals surface area contributed by atoms with Crippen molar-refractivity contribution in [2.24, 2.45) is 5.92 Å². The van der Waals surface area contributed by atoms with Crippen LogP contribution in [-0.4, -0.2) is 52.6 Å². The smallest absolute Gasteiger partial charge is 0.329 e. The molecule has 0 bridgehead atoms. The lowest BCUT2D eigenvalue weighted by Crippen LogP contribution is -2.54. The fourth-order valence-corrected chi connectivity index (χ4v) is 2.90. The van der Waals surface area contributed by atoms with E-state index in [0.29, 0.717) is 12.5 Å². The number of amides is 2. The molecule has 0 unspecified atom stereocenters. The molecule has 2 amide bonds. The summed E-state index contributed by atoms with van der Waals surface area (Å²) in [4.78, 5) is 24.2. The van der Waals surface area contributed by atoms with Crippen molar-refractivity contribution in [2.75, 3.05) is 25.1 Å². The molecule has 0 aromatic heterocycles. The number of aliphatic carboxylic acids is 1. The number of rotatable bonds is 4. The van der Waals surface area contributed by atoms with E-state index in [1.54, 1.807) is 0 Å². The van der Waals surface area contributed by atoms with Gasteiger partial charge in [-0.05, 0) is 44.1 Å². The van der Waals surface area contributed by atoms with Crippen molar-refractivity contribution in [1.82, 2.24) is 10.2 Å². The summed E-state index contributed by atoms with van der Waals surface area (Å²) in [5, 5.41) is 11.9. The summed E-state index contributed by atoms with van der Waals surface area (Å²) in [5.41, 5.74) is -1.19. The minimum absolute atomic E-state index is 0.319. The zero-order chi connectivity index (χ0) is 13.8. The molecule has 0 atom stereocenters. The highest BCUT2D eigenvalue weighted by atomic mass is 32.2. The predicted octanol–water partition coefficient (Wildman–Crippen LogP) is 1.63. The van der Waals surface area contributed by atoms with Crippen LogP contribution in [0.4, 0.5) is 4.79 Å². The van der Waals surface area contributed by atoms with E-state index >= 15 is 0 Å². The lowest BCUT2D eigenvalue weighted by Gasteiger charge is -2.32. The first-order valence-electron chi connectivity index (χ1n) is 6.18. The number of hydrogen-bond donors (Lipinski definition) is 2. The summed E-state index contributed by atoms with van der Waals surface area (Å²) in [5.74, 6) is 1.82. The van der Waals surface area contributed by atoms with Gasteiger partial charge in [0, 0.05) is 13.6 Å². The minimum atomic E-state index is -1.19. The van der Waals surface area contributed by atoms with Gasteiger partial charge in [-0.1, -0.05) is 0 Å². The highest BCUT2D eigenvalue weighted by Gasteiger charge is 2.35. The van der Waals surface area contributed by atoms with Gasteiger partial charge >= 0.3 is 12.0 Å². The Morgan fingerprint density at radius 1 is 1.39 bits per heavy atom. The van der Waals surface area contributed by atoms with E-state index in [0.717, 1.165) is 24.3 Å². The average Bonchev–Trinajstić information content (AvgIpc) is 2.36. The predicted molar refractivity (Wildman–Crippen MR) is 72.9 cm³/mol. The normalized spacial score (nSPS) is 17.3. The van der Waals surface area contributed by atoms with Gasteiger partial charge in [-0.25, -0.2) is 9.59 Å². The minimum Gasteiger partial charge on any atom is -0.480 e. The summed E-state index contributed by atoms with van der Waals surface area (Å²) in [6.07, 6.45) is 2.24. The molecule has 0 radical (unpaired) electrons. The molecule has 1 aliphatic heterocycles. The number of nitrogens with one attached hydrogen (secondary N) is 1. The van der Waals surface area contributed by atoms with Crippen molar-refractivity contribution in [3.63, 3.8) is 0 Å². The van der Waals surface area contributed by atoms with Gasteiger partial charge in [0.15, 0.2) is 0 Å². The molecule has 1 saturated heterocycles. The quantitative estimate of drug-likeness (QED) is 0.817. The number of carbonyl (C=O) groups is 2. The molecule has 0 spiro atoms. The van der Waals surface area contributed by atoms with Crippen LogP contribution in [-0.2, 0) is 4.79 Å². The van der Waals surface area contributed by atoms with Gasteiger partial charge in [-0.3, -0.25) is 0 Å². The van der Waals surface area contributed by atoms with Crippen molar-refractivity contribution in [3.8, 4) is 0 Å². The zero-order valence-electron chi connectivity index (χ0n) is 11.2. The Balaban J connectivity index is 2.42. The Morgan fingerprint density at radius 3 is 2.44 bits per heavy atom. The molecule has 0 aromatic carbocycles. The van der Waals surface area contributed by atoms with Crippen LogP contribution in [0.2, 0.25) is 0 Å². The molecule has 1 aliphatic rings. The summed E-state index contributed by atoms with van der Waals surface area (Å²) < 4.78 is 0. The molecule has 104 valence electrons. The average molecular weight is 274 g/mol. The van der Waals surface area contributed by atoms with Gasteiger partial charge < -0.3 is 15.3 Å². The molecule has 18 heavy (non-hydrogen) atoms. The highest BCUT2D eigenvalue weighted by molar-refractivity contribution is 7.99. The molecular formula is C12H22N2O3S. The largest absolute Gasteiger partial charge is 0.480 e. The highest BCUT2D eigenvalue weighted by Crippen LogP contribution is 2.22. The first kappa shape index (κ1) is 15.1. The number of carbonyl (C=O) groups excluding carboxylic acids is 1. The second-order valence-corrected chi connectivity index (χ2v) is 6.39. The van der Waals surface area contributed by atoms with Crippen molar-refractivity contribution in [1.29, 1.82) is 0 Å². The fraction of sp³-hybridized carbons (Fsp3) is 0.833. The Kier molecular flexibility index (Phi) is 5.31. The third-order valence-corrected chi connectivity index (χ3v) is 4.60. The number of hydrogen-bond acceptors (Lipinski definition) is 3. The monoisotopic (exact) mass is 274 g/mol. The second kappa shape index (κ2) is 6.31. The maximum Gasteiger partial charge on any atom is 0.329 e. The molecule has 1 fully saturated rings. The van der Waals surface area contributed by atoms with Gasteiger partial charge in [0.2, 0.25) is 0 Å². The molecule has 6 heteroatoms. The van der Waals surface area contributed by atoms with Crippen LogP contribution >= 0.6 is 11.8 Å². The maximum atomic E-state index is 11.9. The molecule has 2 N–H and O–H groups in total. The zero-order valence-corrected chi connectivity index (χ0v) is 12.0. The summed E-state index contributed by atoms with van der Waals surface area (Å²) in [6, 6.07) is -0.319. The molecular weight excluding hydrogens is 252 g/mol. The SMILES string of the molecule is CN(C(=O)NCC1CCSCC1)C(C)(C)C(=O)O. The number of nitrogens with zero attached hydrogens (tertiary/aromatic N) is 1. The van der Waals surface area contributed by atoms with E-state index in [4.69, 9.17) is 5.11 Å². The third-order valence-electron chi connectivity index (χ3n) is 3.55. The maximum absolute atomic E-state index is 11.9. The van der Waals surface area contributed by atoms with E-state index < -0.39 is 11.5 Å². The van der Waals surface area contributed by atoms with Crippen LogP contribution in [0.15, 0.2) is 0 Å². The Labute approximate surface area is 112 Å². The van der Waals surface area contributed by atoms with Crippen LogP contribution in [0, 0.1) is 5.92 Å². The number of carboxylic acids is 1. The van der Waals surface area contributed by atoms with Crippen molar-refractivity contribution in [2.45, 2.75) is 32.2 Å². The van der Waals surface area contributed by atoms with Crippen molar-refractivity contribution < 1.29 is 14.7 Å². The fourth-order valence-electron chi connectivity index (χ4n) is 1.70. The Bertz CT molecular complexity index is 314. The van der Waals surface area contributed by atoms with Crippen LogP contribution in [0.5, 0.6) is 0 Å². The molecule has 5 nitrogen and oxygen atoms in total. The second-order valence-electron chi connectivity index (χ2n) is 5.16. The number of likely N-dealkylation sites (N-methyl/N-ethyl adjacent to an activating group) is 1. The summed E-state index contributed by atoms with van der Waals surface area (Å²) in [7, 11) is 1.51. The van der Waals surface area contributed by atoms with Crippen molar-refractivity contribution in [3.05, 3.63) is 0 Å². The third kappa shape index (κ3) is 3.80. The van der Waals surface area contributed by atoms with Crippen LogP contribution in [0.3, 0.4) is 0 Å². The summed E-state index contributed by atoms with van der Waals surface area (Å²) in [6.45, 7) is 3.68. The van der Waals surface area contributed by atoms with Crippen LogP contribution < -0.4 is 5.32 Å². The van der Waals surface area contributed by atoms with Gasteiger partial charge in [-0.15, -0.1) is 0 Å². The van der Waals surface area contributed by atoms with E-state index in [-0.39, 0.29) is 6.03 Å². The first-order valence-corrected chi connectivity index (χ1v) is 7.34. The lowest BCUT2D eigenvalue weighted by molar-refractivity contribution is -0.146. The summed E-state index contributed by atoms with van der Waals surface area (Å²) >= 11 is 1.95. The van der Waals surface area contributed by atoms with Gasteiger partial charge in [0.25, 0.3) is 0 Å². The number of carboxylic acid groups (broad SMARTS) is 1.